The molecular formula is C10H12N2OS. The summed E-state index contributed by atoms with van der Waals surface area (Å²) in [5.74, 6) is -0.201. The molecule has 0 saturated heterocycles. The van der Waals surface area contributed by atoms with E-state index in [1.807, 2.05) is 30.5 Å². The van der Waals surface area contributed by atoms with Crippen molar-refractivity contribution in [1.29, 1.82) is 5.26 Å². The second-order valence-corrected chi connectivity index (χ2v) is 3.86. The van der Waals surface area contributed by atoms with Crippen LogP contribution in [0.5, 0.6) is 0 Å². The number of nitrogens with one attached hydrogen (secondary N) is 1. The third-order valence-corrected chi connectivity index (χ3v) is 2.86. The Morgan fingerprint density at radius 1 is 1.79 bits per heavy atom. The quantitative estimate of drug-likeness (QED) is 0.824. The zero-order valence-corrected chi connectivity index (χ0v) is 8.80. The molecule has 0 saturated carbocycles. The minimum absolute atomic E-state index is 0.0517. The van der Waals surface area contributed by atoms with Crippen molar-refractivity contribution in [3.05, 3.63) is 22.4 Å². The minimum Gasteiger partial charge on any atom is -0.348 e. The van der Waals surface area contributed by atoms with Crippen molar-refractivity contribution in [3.63, 3.8) is 0 Å². The van der Waals surface area contributed by atoms with Gasteiger partial charge in [-0.2, -0.15) is 5.26 Å². The summed E-state index contributed by atoms with van der Waals surface area (Å²) >= 11 is 1.62. The van der Waals surface area contributed by atoms with Crippen LogP contribution >= 0.6 is 11.3 Å². The summed E-state index contributed by atoms with van der Waals surface area (Å²) in [4.78, 5) is 12.3. The summed E-state index contributed by atoms with van der Waals surface area (Å²) in [6, 6.07) is 5.83. The lowest BCUT2D eigenvalue weighted by molar-refractivity contribution is -0.120. The first kappa shape index (κ1) is 10.7. The van der Waals surface area contributed by atoms with Gasteiger partial charge in [-0.15, -0.1) is 11.3 Å². The van der Waals surface area contributed by atoms with Gasteiger partial charge in [0.1, 0.15) is 6.42 Å². The Morgan fingerprint density at radius 2 is 2.57 bits per heavy atom. The van der Waals surface area contributed by atoms with Gasteiger partial charge in [-0.1, -0.05) is 13.0 Å². The van der Waals surface area contributed by atoms with E-state index >= 15 is 0 Å². The van der Waals surface area contributed by atoms with E-state index in [0.717, 1.165) is 11.3 Å². The fourth-order valence-corrected chi connectivity index (χ4v) is 2.04. The molecule has 0 bridgehead atoms. The molecule has 1 atom stereocenters. The van der Waals surface area contributed by atoms with Gasteiger partial charge >= 0.3 is 0 Å². The van der Waals surface area contributed by atoms with E-state index in [1.54, 1.807) is 11.3 Å². The molecule has 0 aliphatic rings. The van der Waals surface area contributed by atoms with Crippen LogP contribution in [0.15, 0.2) is 17.5 Å². The first-order chi connectivity index (χ1) is 6.77. The van der Waals surface area contributed by atoms with Crippen molar-refractivity contribution in [2.45, 2.75) is 25.8 Å². The summed E-state index contributed by atoms with van der Waals surface area (Å²) < 4.78 is 0. The number of amides is 1. The average molecular weight is 208 g/mol. The fourth-order valence-electron chi connectivity index (χ4n) is 1.18. The van der Waals surface area contributed by atoms with E-state index in [0.29, 0.717) is 0 Å². The molecule has 14 heavy (non-hydrogen) atoms. The molecule has 1 amide bonds. The number of nitrogens with zero attached hydrogens (tertiary/aromatic N) is 1. The van der Waals surface area contributed by atoms with Gasteiger partial charge < -0.3 is 5.32 Å². The highest BCUT2D eigenvalue weighted by Crippen LogP contribution is 2.21. The van der Waals surface area contributed by atoms with Crippen molar-refractivity contribution in [3.8, 4) is 6.07 Å². The summed E-state index contributed by atoms with van der Waals surface area (Å²) in [7, 11) is 0. The Labute approximate surface area is 87.4 Å². The summed E-state index contributed by atoms with van der Waals surface area (Å²) in [6.45, 7) is 2.01. The number of thiophene rings is 1. The Bertz CT molecular complexity index is 326. The van der Waals surface area contributed by atoms with Crippen LogP contribution in [0.2, 0.25) is 0 Å². The zero-order chi connectivity index (χ0) is 10.4. The van der Waals surface area contributed by atoms with Crippen LogP contribution in [-0.2, 0) is 4.79 Å². The highest BCUT2D eigenvalue weighted by atomic mass is 32.1. The second kappa shape index (κ2) is 5.40. The standard InChI is InChI=1S/C10H12N2OS/c1-2-8(9-4-3-7-14-9)12-10(13)5-6-11/h3-4,7-8H,2,5H2,1H3,(H,12,13). The van der Waals surface area contributed by atoms with Crippen molar-refractivity contribution in [2.24, 2.45) is 0 Å². The number of hydrogen-bond acceptors (Lipinski definition) is 3. The van der Waals surface area contributed by atoms with Crippen molar-refractivity contribution in [1.82, 2.24) is 5.32 Å². The van der Waals surface area contributed by atoms with E-state index in [2.05, 4.69) is 5.32 Å². The Kier molecular flexibility index (Phi) is 4.14. The van der Waals surface area contributed by atoms with Crippen molar-refractivity contribution < 1.29 is 4.79 Å². The molecule has 4 heteroatoms. The minimum atomic E-state index is -0.201. The first-order valence-corrected chi connectivity index (χ1v) is 5.35. The largest absolute Gasteiger partial charge is 0.348 e. The predicted octanol–water partition coefficient (Wildman–Crippen LogP) is 2.23. The molecule has 1 aromatic heterocycles. The van der Waals surface area contributed by atoms with Gasteiger partial charge in [-0.3, -0.25) is 4.79 Å². The van der Waals surface area contributed by atoms with E-state index in [1.165, 1.54) is 0 Å². The topological polar surface area (TPSA) is 52.9 Å². The van der Waals surface area contributed by atoms with Crippen LogP contribution in [-0.4, -0.2) is 5.91 Å². The molecule has 0 spiro atoms. The lowest BCUT2D eigenvalue weighted by atomic mass is 10.2. The molecule has 3 nitrogen and oxygen atoms in total. The number of nitriles is 1. The number of rotatable bonds is 4. The maximum atomic E-state index is 11.2. The van der Waals surface area contributed by atoms with Crippen LogP contribution in [0.3, 0.4) is 0 Å². The molecule has 0 aliphatic heterocycles. The highest BCUT2D eigenvalue weighted by Gasteiger charge is 2.12. The average Bonchev–Trinajstić information content (AvgIpc) is 2.67. The van der Waals surface area contributed by atoms with Gasteiger partial charge in [0.15, 0.2) is 0 Å². The Balaban J connectivity index is 2.57. The summed E-state index contributed by atoms with van der Waals surface area (Å²) in [5, 5.41) is 13.1. The number of hydrogen-bond donors (Lipinski definition) is 1. The molecule has 74 valence electrons. The fraction of sp³-hybridized carbons (Fsp3) is 0.400. The molecule has 0 radical (unpaired) electrons. The first-order valence-electron chi connectivity index (χ1n) is 4.47. The van der Waals surface area contributed by atoms with Gasteiger partial charge in [-0.25, -0.2) is 0 Å². The van der Waals surface area contributed by atoms with Crippen LogP contribution in [0, 0.1) is 11.3 Å². The highest BCUT2D eigenvalue weighted by molar-refractivity contribution is 7.10. The van der Waals surface area contributed by atoms with Gasteiger partial charge in [0, 0.05) is 4.88 Å². The van der Waals surface area contributed by atoms with Crippen LogP contribution in [0.1, 0.15) is 30.7 Å². The number of carbonyl (C=O) groups excluding carboxylic acids is 1. The van der Waals surface area contributed by atoms with Crippen molar-refractivity contribution >= 4 is 17.2 Å². The molecule has 1 heterocycles. The second-order valence-electron chi connectivity index (χ2n) is 2.88. The molecule has 0 aromatic carbocycles. The summed E-state index contributed by atoms with van der Waals surface area (Å²) in [5.41, 5.74) is 0. The molecular weight excluding hydrogens is 196 g/mol. The van der Waals surface area contributed by atoms with Crippen LogP contribution in [0.4, 0.5) is 0 Å². The van der Waals surface area contributed by atoms with Gasteiger partial charge in [0.05, 0.1) is 12.1 Å². The maximum Gasteiger partial charge on any atom is 0.234 e. The zero-order valence-electron chi connectivity index (χ0n) is 7.99. The smallest absolute Gasteiger partial charge is 0.234 e. The SMILES string of the molecule is CCC(NC(=O)CC#N)c1cccs1. The van der Waals surface area contributed by atoms with E-state index in [4.69, 9.17) is 5.26 Å². The Morgan fingerprint density at radius 3 is 3.07 bits per heavy atom. The van der Waals surface area contributed by atoms with Crippen LogP contribution in [0.25, 0.3) is 0 Å². The van der Waals surface area contributed by atoms with E-state index in [9.17, 15) is 4.79 Å². The molecule has 1 N–H and O–H groups in total. The summed E-state index contributed by atoms with van der Waals surface area (Å²) in [6.07, 6.45) is 0.777. The van der Waals surface area contributed by atoms with E-state index < -0.39 is 0 Å². The maximum absolute atomic E-state index is 11.2. The molecule has 0 fully saturated rings. The van der Waals surface area contributed by atoms with Gasteiger partial charge in [-0.05, 0) is 17.9 Å². The molecule has 0 aliphatic carbocycles. The molecule has 1 unspecified atom stereocenters. The lowest BCUT2D eigenvalue weighted by Crippen LogP contribution is -2.26. The van der Waals surface area contributed by atoms with Crippen LogP contribution < -0.4 is 5.32 Å². The number of carbonyl (C=O) groups is 1. The third-order valence-electron chi connectivity index (χ3n) is 1.87. The van der Waals surface area contributed by atoms with Crippen molar-refractivity contribution in [2.75, 3.05) is 0 Å². The molecule has 1 rings (SSSR count). The van der Waals surface area contributed by atoms with E-state index in [-0.39, 0.29) is 18.4 Å². The normalized spacial score (nSPS) is 11.7. The Hall–Kier alpha value is -1.34. The predicted molar refractivity (Wildman–Crippen MR) is 55.7 cm³/mol. The van der Waals surface area contributed by atoms with Gasteiger partial charge in [0.25, 0.3) is 0 Å². The lowest BCUT2D eigenvalue weighted by Gasteiger charge is -2.13. The third kappa shape index (κ3) is 2.86. The molecule has 1 aromatic rings. The van der Waals surface area contributed by atoms with Gasteiger partial charge in [0.2, 0.25) is 5.91 Å². The monoisotopic (exact) mass is 208 g/mol.